The molecule has 9 unspecified atom stereocenters. The Morgan fingerprint density at radius 1 is 0.969 bits per heavy atom. The maximum absolute atomic E-state index is 13.0. The fourth-order valence-electron chi connectivity index (χ4n) is 6.79. The van der Waals surface area contributed by atoms with Gasteiger partial charge in [0.1, 0.15) is 6.17 Å². The zero-order valence-corrected chi connectivity index (χ0v) is 20.0. The molecule has 10 heteroatoms. The molecule has 0 bridgehead atoms. The number of carbonyl (C=O) groups is 1. The third-order valence-corrected chi connectivity index (χ3v) is 8.73. The molecule has 1 aliphatic carbocycles. The standard InChI is InChI=1S/C22H41ClN8O/c1-13-20(16-4-2-6-18-15(16)5-3-7-24-18)25-12-19(29-13)22(32)30-14-10-17(23)21(26-11-14)31-27-8-9-28-31/h13-21,24-29H,2-12H2,1H3,(H,30,32). The van der Waals surface area contributed by atoms with E-state index in [-0.39, 0.29) is 35.6 Å². The van der Waals surface area contributed by atoms with Crippen LogP contribution in [0.15, 0.2) is 0 Å². The Kier molecular flexibility index (Phi) is 7.55. The first kappa shape index (κ1) is 23.2. The van der Waals surface area contributed by atoms with Crippen molar-refractivity contribution in [3.05, 3.63) is 0 Å². The number of hydrogen-bond acceptors (Lipinski definition) is 8. The first-order valence-corrected chi connectivity index (χ1v) is 13.2. The van der Waals surface area contributed by atoms with Crippen molar-refractivity contribution >= 4 is 17.5 Å². The minimum atomic E-state index is -0.196. The van der Waals surface area contributed by atoms with E-state index in [9.17, 15) is 4.79 Å². The molecule has 0 spiro atoms. The van der Waals surface area contributed by atoms with E-state index >= 15 is 0 Å². The molecule has 0 aromatic rings. The molecule has 9 atom stereocenters. The summed E-state index contributed by atoms with van der Waals surface area (Å²) in [7, 11) is 0. The maximum atomic E-state index is 13.0. The van der Waals surface area contributed by atoms with E-state index < -0.39 is 0 Å². The normalized spacial score (nSPS) is 45.9. The summed E-state index contributed by atoms with van der Waals surface area (Å²) >= 11 is 6.64. The van der Waals surface area contributed by atoms with Gasteiger partial charge in [-0.1, -0.05) is 6.42 Å². The average Bonchev–Trinajstić information content (AvgIpc) is 3.33. The Bertz CT molecular complexity index is 647. The number of amides is 1. The molecule has 0 aromatic carbocycles. The second kappa shape index (κ2) is 10.4. The first-order valence-electron chi connectivity index (χ1n) is 12.8. The van der Waals surface area contributed by atoms with Gasteiger partial charge in [-0.15, -0.1) is 11.6 Å². The van der Waals surface area contributed by atoms with Crippen LogP contribution >= 0.6 is 11.6 Å². The summed E-state index contributed by atoms with van der Waals surface area (Å²) in [6.07, 6.45) is 7.34. The number of rotatable bonds is 4. The summed E-state index contributed by atoms with van der Waals surface area (Å²) < 4.78 is 0. The van der Waals surface area contributed by atoms with Gasteiger partial charge in [-0.25, -0.2) is 10.9 Å². The van der Waals surface area contributed by atoms with Crippen LogP contribution in [0, 0.1) is 11.8 Å². The van der Waals surface area contributed by atoms with Crippen molar-refractivity contribution in [2.75, 3.05) is 32.7 Å². The topological polar surface area (TPSA) is 105 Å². The van der Waals surface area contributed by atoms with E-state index in [1.165, 1.54) is 38.6 Å². The van der Waals surface area contributed by atoms with E-state index in [2.05, 4.69) is 44.4 Å². The van der Waals surface area contributed by atoms with Crippen LogP contribution in [0.1, 0.15) is 45.4 Å². The molecule has 0 aromatic heterocycles. The number of piperazine rings is 1. The minimum absolute atomic E-state index is 0.0242. The zero-order chi connectivity index (χ0) is 22.1. The summed E-state index contributed by atoms with van der Waals surface area (Å²) in [5.41, 5.74) is 6.57. The Morgan fingerprint density at radius 3 is 2.56 bits per heavy atom. The van der Waals surface area contributed by atoms with E-state index in [0.717, 1.165) is 32.0 Å². The lowest BCUT2D eigenvalue weighted by molar-refractivity contribution is -0.125. The van der Waals surface area contributed by atoms with Crippen molar-refractivity contribution in [3.8, 4) is 0 Å². The Hall–Kier alpha value is -0.520. The molecule has 4 saturated heterocycles. The highest BCUT2D eigenvalue weighted by molar-refractivity contribution is 6.21. The highest BCUT2D eigenvalue weighted by atomic mass is 35.5. The summed E-state index contributed by atoms with van der Waals surface area (Å²) in [4.78, 5) is 13.0. The Labute approximate surface area is 196 Å². The molecule has 5 rings (SSSR count). The summed E-state index contributed by atoms with van der Waals surface area (Å²) in [6.45, 7) is 6.63. The van der Waals surface area contributed by atoms with Crippen molar-refractivity contribution in [2.45, 2.75) is 87.2 Å². The van der Waals surface area contributed by atoms with Gasteiger partial charge in [0, 0.05) is 50.3 Å². The molecular weight excluding hydrogens is 428 g/mol. The second-order valence-electron chi connectivity index (χ2n) is 10.4. The number of hydrogen-bond donors (Lipinski definition) is 7. The SMILES string of the molecule is CC1NC(C(=O)NC2CNC(N3NCCN3)C(Cl)C2)CNC1C1CCCC2NCCCC21. The molecule has 4 aliphatic heterocycles. The van der Waals surface area contributed by atoms with E-state index in [0.29, 0.717) is 24.5 Å². The van der Waals surface area contributed by atoms with Crippen molar-refractivity contribution in [1.29, 1.82) is 0 Å². The number of alkyl halides is 1. The third-order valence-electron chi connectivity index (χ3n) is 8.32. The van der Waals surface area contributed by atoms with Gasteiger partial charge in [0.15, 0.2) is 0 Å². The van der Waals surface area contributed by atoms with Gasteiger partial charge in [-0.3, -0.25) is 10.1 Å². The molecule has 5 fully saturated rings. The lowest BCUT2D eigenvalue weighted by atomic mass is 9.67. The fourth-order valence-corrected chi connectivity index (χ4v) is 7.20. The molecule has 4 heterocycles. The number of fused-ring (bicyclic) bond motifs is 1. The molecule has 5 aliphatic rings. The van der Waals surface area contributed by atoms with Gasteiger partial charge in [0.2, 0.25) is 5.91 Å². The van der Waals surface area contributed by atoms with Crippen LogP contribution in [0.4, 0.5) is 0 Å². The molecular formula is C22H41ClN8O. The quantitative estimate of drug-likeness (QED) is 0.269. The molecule has 1 saturated carbocycles. The third kappa shape index (κ3) is 4.95. The van der Waals surface area contributed by atoms with E-state index in [4.69, 9.17) is 11.6 Å². The number of hydrazine groups is 2. The predicted molar refractivity (Wildman–Crippen MR) is 126 cm³/mol. The van der Waals surface area contributed by atoms with Crippen LogP contribution in [0.3, 0.4) is 0 Å². The number of carbonyl (C=O) groups excluding carboxylic acids is 1. The Balaban J connectivity index is 1.11. The van der Waals surface area contributed by atoms with Crippen LogP contribution in [0.5, 0.6) is 0 Å². The van der Waals surface area contributed by atoms with Crippen molar-refractivity contribution < 1.29 is 4.79 Å². The van der Waals surface area contributed by atoms with Crippen LogP contribution < -0.4 is 37.4 Å². The van der Waals surface area contributed by atoms with Gasteiger partial charge in [-0.2, -0.15) is 5.12 Å². The number of halogens is 1. The van der Waals surface area contributed by atoms with Gasteiger partial charge in [0.25, 0.3) is 0 Å². The van der Waals surface area contributed by atoms with E-state index in [1.807, 2.05) is 5.12 Å². The highest BCUT2D eigenvalue weighted by Crippen LogP contribution is 2.38. The average molecular weight is 469 g/mol. The first-order chi connectivity index (χ1) is 15.6. The smallest absolute Gasteiger partial charge is 0.238 e. The predicted octanol–water partition coefficient (Wildman–Crippen LogP) is -0.790. The van der Waals surface area contributed by atoms with Gasteiger partial charge < -0.3 is 21.3 Å². The van der Waals surface area contributed by atoms with Crippen molar-refractivity contribution in [3.63, 3.8) is 0 Å². The summed E-state index contributed by atoms with van der Waals surface area (Å²) in [6, 6.07) is 1.27. The Morgan fingerprint density at radius 2 is 1.78 bits per heavy atom. The fraction of sp³-hybridized carbons (Fsp3) is 0.955. The number of nitrogens with one attached hydrogen (secondary N) is 7. The molecule has 182 valence electrons. The van der Waals surface area contributed by atoms with Gasteiger partial charge >= 0.3 is 0 Å². The largest absolute Gasteiger partial charge is 0.351 e. The lowest BCUT2D eigenvalue weighted by Gasteiger charge is -2.49. The molecule has 32 heavy (non-hydrogen) atoms. The van der Waals surface area contributed by atoms with Gasteiger partial charge in [-0.05, 0) is 57.4 Å². The molecule has 9 nitrogen and oxygen atoms in total. The minimum Gasteiger partial charge on any atom is -0.351 e. The molecule has 0 radical (unpaired) electrons. The van der Waals surface area contributed by atoms with E-state index in [1.54, 1.807) is 0 Å². The monoisotopic (exact) mass is 468 g/mol. The number of piperidine rings is 2. The molecule has 1 amide bonds. The summed E-state index contributed by atoms with van der Waals surface area (Å²) in [5, 5.41) is 19.7. The lowest BCUT2D eigenvalue weighted by Crippen LogP contribution is -2.69. The van der Waals surface area contributed by atoms with Gasteiger partial charge in [0.05, 0.1) is 11.4 Å². The van der Waals surface area contributed by atoms with Crippen molar-refractivity contribution in [2.24, 2.45) is 11.8 Å². The van der Waals surface area contributed by atoms with Crippen LogP contribution in [-0.4, -0.2) is 85.5 Å². The second-order valence-corrected chi connectivity index (χ2v) is 11.0. The highest BCUT2D eigenvalue weighted by Gasteiger charge is 2.43. The van der Waals surface area contributed by atoms with Crippen LogP contribution in [-0.2, 0) is 4.79 Å². The maximum Gasteiger partial charge on any atom is 0.238 e. The molecule has 7 N–H and O–H groups in total. The van der Waals surface area contributed by atoms with Crippen LogP contribution in [0.25, 0.3) is 0 Å². The van der Waals surface area contributed by atoms with Crippen molar-refractivity contribution in [1.82, 2.24) is 42.6 Å². The zero-order valence-electron chi connectivity index (χ0n) is 19.2. The summed E-state index contributed by atoms with van der Waals surface area (Å²) in [5.74, 6) is 1.54. The number of nitrogens with zero attached hydrogens (tertiary/aromatic N) is 1. The van der Waals surface area contributed by atoms with Crippen LogP contribution in [0.2, 0.25) is 0 Å².